The van der Waals surface area contributed by atoms with Gasteiger partial charge in [0.2, 0.25) is 0 Å². The summed E-state index contributed by atoms with van der Waals surface area (Å²) in [7, 11) is 2.08. The summed E-state index contributed by atoms with van der Waals surface area (Å²) in [5.74, 6) is 1.43. The second-order valence-corrected chi connectivity index (χ2v) is 6.89. The number of likely N-dealkylation sites (N-methyl/N-ethyl adjacent to an activating group) is 1. The summed E-state index contributed by atoms with van der Waals surface area (Å²) in [6.45, 7) is 8.69. The summed E-state index contributed by atoms with van der Waals surface area (Å²) >= 11 is 0. The Morgan fingerprint density at radius 2 is 1.92 bits per heavy atom. The topological polar surface area (TPSA) is 44.7 Å². The van der Waals surface area contributed by atoms with Gasteiger partial charge in [0.25, 0.3) is 0 Å². The number of hydrogen-bond donors (Lipinski definition) is 2. The van der Waals surface area contributed by atoms with Gasteiger partial charge in [-0.3, -0.25) is 0 Å². The number of nitrogens with zero attached hydrogens (tertiary/aromatic N) is 1. The molecule has 1 aromatic rings. The maximum Gasteiger partial charge on any atom is 0.122 e. The second kappa shape index (κ2) is 12.8. The lowest BCUT2D eigenvalue weighted by Gasteiger charge is -2.30. The molecule has 1 aliphatic heterocycles. The highest BCUT2D eigenvalue weighted by Crippen LogP contribution is 2.19. The van der Waals surface area contributed by atoms with Gasteiger partial charge in [0, 0.05) is 13.1 Å². The fourth-order valence-electron chi connectivity index (χ4n) is 3.27. The van der Waals surface area contributed by atoms with E-state index >= 15 is 0 Å². The van der Waals surface area contributed by atoms with Gasteiger partial charge in [0.15, 0.2) is 0 Å². The van der Waals surface area contributed by atoms with Gasteiger partial charge in [-0.1, -0.05) is 17.7 Å². The van der Waals surface area contributed by atoms with Crippen LogP contribution in [0.5, 0.6) is 5.75 Å². The zero-order valence-electron chi connectivity index (χ0n) is 15.7. The molecule has 25 heavy (non-hydrogen) atoms. The number of ether oxygens (including phenoxy) is 1. The van der Waals surface area contributed by atoms with Crippen LogP contribution in [0.4, 0.5) is 0 Å². The summed E-state index contributed by atoms with van der Waals surface area (Å²) in [5.41, 5.74) is 2.46. The molecular formula is C19H34Cl2N2O2. The van der Waals surface area contributed by atoms with Gasteiger partial charge < -0.3 is 20.1 Å². The molecule has 1 aromatic carbocycles. The van der Waals surface area contributed by atoms with Crippen LogP contribution in [0.1, 0.15) is 30.4 Å². The number of aliphatic hydroxyl groups is 1. The highest BCUT2D eigenvalue weighted by atomic mass is 35.5. The maximum absolute atomic E-state index is 10.3. The molecule has 1 atom stereocenters. The van der Waals surface area contributed by atoms with Crippen LogP contribution in [0.3, 0.4) is 0 Å². The van der Waals surface area contributed by atoms with Crippen molar-refractivity contribution in [2.24, 2.45) is 5.92 Å². The first-order chi connectivity index (χ1) is 11.1. The molecule has 146 valence electrons. The lowest BCUT2D eigenvalue weighted by Crippen LogP contribution is -2.40. The SMILES string of the molecule is Cc1ccc(OCCCN(C)CC(O)C2CCNCC2)c(C)c1.Cl.Cl. The van der Waals surface area contributed by atoms with Gasteiger partial charge >= 0.3 is 0 Å². The largest absolute Gasteiger partial charge is 0.493 e. The van der Waals surface area contributed by atoms with Gasteiger partial charge in [-0.25, -0.2) is 0 Å². The van der Waals surface area contributed by atoms with Gasteiger partial charge in [-0.15, -0.1) is 24.8 Å². The van der Waals surface area contributed by atoms with E-state index in [4.69, 9.17) is 4.74 Å². The monoisotopic (exact) mass is 392 g/mol. The highest BCUT2D eigenvalue weighted by Gasteiger charge is 2.22. The molecule has 2 rings (SSSR count). The minimum Gasteiger partial charge on any atom is -0.493 e. The van der Waals surface area contributed by atoms with E-state index in [0.717, 1.165) is 57.8 Å². The number of rotatable bonds is 8. The lowest BCUT2D eigenvalue weighted by atomic mass is 9.92. The zero-order valence-corrected chi connectivity index (χ0v) is 17.3. The van der Waals surface area contributed by atoms with Crippen molar-refractivity contribution in [2.75, 3.05) is 39.8 Å². The number of hydrogen-bond acceptors (Lipinski definition) is 4. The molecule has 0 saturated carbocycles. The fourth-order valence-corrected chi connectivity index (χ4v) is 3.27. The Balaban J connectivity index is 0.00000288. The van der Waals surface area contributed by atoms with Crippen LogP contribution in [-0.4, -0.2) is 55.9 Å². The number of benzene rings is 1. The van der Waals surface area contributed by atoms with Crippen molar-refractivity contribution >= 4 is 24.8 Å². The summed E-state index contributed by atoms with van der Waals surface area (Å²) in [6.07, 6.45) is 2.95. The first kappa shape index (κ1) is 24.5. The van der Waals surface area contributed by atoms with Crippen molar-refractivity contribution < 1.29 is 9.84 Å². The van der Waals surface area contributed by atoms with Gasteiger partial charge in [0.05, 0.1) is 12.7 Å². The van der Waals surface area contributed by atoms with E-state index in [1.807, 2.05) is 0 Å². The van der Waals surface area contributed by atoms with Crippen LogP contribution in [0.15, 0.2) is 18.2 Å². The molecule has 0 bridgehead atoms. The Kier molecular flexibility index (Phi) is 12.5. The predicted molar refractivity (Wildman–Crippen MR) is 110 cm³/mol. The minimum absolute atomic E-state index is 0. The standard InChI is InChI=1S/C19H32N2O2.2ClH/c1-15-5-6-19(16(2)13-15)23-12-4-11-21(3)14-18(22)17-7-9-20-10-8-17;;/h5-6,13,17-18,20,22H,4,7-12,14H2,1-3H3;2*1H. The highest BCUT2D eigenvalue weighted by molar-refractivity contribution is 5.85. The first-order valence-electron chi connectivity index (χ1n) is 8.83. The van der Waals surface area contributed by atoms with Crippen molar-refractivity contribution in [3.8, 4) is 5.75 Å². The maximum atomic E-state index is 10.3. The first-order valence-corrected chi connectivity index (χ1v) is 8.83. The lowest BCUT2D eigenvalue weighted by molar-refractivity contribution is 0.0568. The third-order valence-corrected chi connectivity index (χ3v) is 4.70. The van der Waals surface area contributed by atoms with Crippen molar-refractivity contribution in [1.82, 2.24) is 10.2 Å². The quantitative estimate of drug-likeness (QED) is 0.666. The molecule has 0 aliphatic carbocycles. The minimum atomic E-state index is -0.206. The van der Waals surface area contributed by atoms with E-state index in [1.54, 1.807) is 0 Å². The number of piperidine rings is 1. The average Bonchev–Trinajstić information content (AvgIpc) is 2.54. The van der Waals surface area contributed by atoms with Gasteiger partial charge in [0.1, 0.15) is 5.75 Å². The molecule has 1 fully saturated rings. The van der Waals surface area contributed by atoms with E-state index in [1.165, 1.54) is 11.1 Å². The smallest absolute Gasteiger partial charge is 0.122 e. The molecule has 1 saturated heterocycles. The Labute approximate surface area is 165 Å². The van der Waals surface area contributed by atoms with E-state index < -0.39 is 0 Å². The Morgan fingerprint density at radius 1 is 1.24 bits per heavy atom. The molecule has 0 aromatic heterocycles. The number of aryl methyl sites for hydroxylation is 2. The molecule has 2 N–H and O–H groups in total. The van der Waals surface area contributed by atoms with Crippen molar-refractivity contribution in [2.45, 2.75) is 39.2 Å². The number of nitrogens with one attached hydrogen (secondary N) is 1. The Hall–Kier alpha value is -0.520. The third kappa shape index (κ3) is 8.61. The molecule has 0 radical (unpaired) electrons. The van der Waals surface area contributed by atoms with Crippen LogP contribution >= 0.6 is 24.8 Å². The van der Waals surface area contributed by atoms with Crippen LogP contribution in [-0.2, 0) is 0 Å². The van der Waals surface area contributed by atoms with Crippen molar-refractivity contribution in [3.63, 3.8) is 0 Å². The molecule has 1 heterocycles. The second-order valence-electron chi connectivity index (χ2n) is 6.89. The Morgan fingerprint density at radius 3 is 2.56 bits per heavy atom. The van der Waals surface area contributed by atoms with Crippen LogP contribution in [0.2, 0.25) is 0 Å². The average molecular weight is 393 g/mol. The summed E-state index contributed by atoms with van der Waals surface area (Å²) in [4.78, 5) is 2.22. The Bertz CT molecular complexity index is 482. The summed E-state index contributed by atoms with van der Waals surface area (Å²) in [5, 5.41) is 13.7. The molecule has 1 aliphatic rings. The molecule has 0 amide bonds. The molecule has 6 heteroatoms. The van der Waals surface area contributed by atoms with Crippen LogP contribution < -0.4 is 10.1 Å². The van der Waals surface area contributed by atoms with E-state index in [2.05, 4.69) is 49.3 Å². The van der Waals surface area contributed by atoms with Crippen LogP contribution in [0.25, 0.3) is 0 Å². The van der Waals surface area contributed by atoms with Gasteiger partial charge in [-0.2, -0.15) is 0 Å². The molecular weight excluding hydrogens is 359 g/mol. The number of halogens is 2. The van der Waals surface area contributed by atoms with Crippen molar-refractivity contribution in [3.05, 3.63) is 29.3 Å². The zero-order chi connectivity index (χ0) is 16.7. The summed E-state index contributed by atoms with van der Waals surface area (Å²) in [6, 6.07) is 6.29. The predicted octanol–water partition coefficient (Wildman–Crippen LogP) is 3.21. The fraction of sp³-hybridized carbons (Fsp3) is 0.684. The van der Waals surface area contributed by atoms with E-state index in [9.17, 15) is 5.11 Å². The summed E-state index contributed by atoms with van der Waals surface area (Å²) < 4.78 is 5.87. The van der Waals surface area contributed by atoms with Gasteiger partial charge in [-0.05, 0) is 70.8 Å². The normalized spacial score (nSPS) is 16.0. The third-order valence-electron chi connectivity index (χ3n) is 4.70. The van der Waals surface area contributed by atoms with Crippen molar-refractivity contribution in [1.29, 1.82) is 0 Å². The molecule has 1 unspecified atom stereocenters. The van der Waals surface area contributed by atoms with E-state index in [0.29, 0.717) is 5.92 Å². The number of aliphatic hydroxyl groups excluding tert-OH is 1. The molecule has 4 nitrogen and oxygen atoms in total. The molecule has 0 spiro atoms. The van der Waals surface area contributed by atoms with E-state index in [-0.39, 0.29) is 30.9 Å². The van der Waals surface area contributed by atoms with Crippen LogP contribution in [0, 0.1) is 19.8 Å².